The van der Waals surface area contributed by atoms with Crippen LogP contribution in [0.2, 0.25) is 0 Å². The lowest BCUT2D eigenvalue weighted by Gasteiger charge is -2.22. The van der Waals surface area contributed by atoms with Crippen molar-refractivity contribution in [1.82, 2.24) is 9.97 Å². The Morgan fingerprint density at radius 1 is 1.00 bits per heavy atom. The molecule has 0 fully saturated rings. The van der Waals surface area contributed by atoms with Gasteiger partial charge in [-0.05, 0) is 55.7 Å². The Labute approximate surface area is 149 Å². The summed E-state index contributed by atoms with van der Waals surface area (Å²) < 4.78 is 0. The Balaban J connectivity index is 1.79. The third-order valence-electron chi connectivity index (χ3n) is 4.25. The van der Waals surface area contributed by atoms with Crippen LogP contribution in [0.1, 0.15) is 23.6 Å². The molecule has 0 saturated carbocycles. The van der Waals surface area contributed by atoms with E-state index >= 15 is 0 Å². The molecule has 4 nitrogen and oxygen atoms in total. The van der Waals surface area contributed by atoms with Gasteiger partial charge >= 0.3 is 0 Å². The van der Waals surface area contributed by atoms with Crippen LogP contribution in [0.4, 0.5) is 17.5 Å². The average Bonchev–Trinajstić information content (AvgIpc) is 2.62. The van der Waals surface area contributed by atoms with Crippen molar-refractivity contribution in [2.24, 2.45) is 0 Å². The summed E-state index contributed by atoms with van der Waals surface area (Å²) in [4.78, 5) is 11.2. The van der Waals surface area contributed by atoms with E-state index in [0.29, 0.717) is 12.5 Å². The molecule has 2 aromatic carbocycles. The largest absolute Gasteiger partial charge is 0.350 e. The van der Waals surface area contributed by atoms with Gasteiger partial charge < -0.3 is 10.2 Å². The van der Waals surface area contributed by atoms with Crippen molar-refractivity contribution in [3.8, 4) is 0 Å². The van der Waals surface area contributed by atoms with Gasteiger partial charge in [-0.15, -0.1) is 0 Å². The molecule has 0 aliphatic carbocycles. The fourth-order valence-electron chi connectivity index (χ4n) is 2.84. The molecular formula is C21H24N4. The molecule has 1 N–H and O–H groups in total. The number of rotatable bonds is 6. The number of hydrogen-bond acceptors (Lipinski definition) is 4. The molecule has 4 heteroatoms. The number of benzene rings is 2. The molecule has 3 rings (SSSR count). The Morgan fingerprint density at radius 2 is 1.84 bits per heavy atom. The van der Waals surface area contributed by atoms with Gasteiger partial charge in [-0.2, -0.15) is 4.98 Å². The molecule has 0 saturated heterocycles. The second-order valence-corrected chi connectivity index (χ2v) is 6.10. The standard InChI is InChI=1S/C21H24N4/c1-4-25(19-11-7-8-16(2)14-19)20-12-13-22-21(24-20)23-15-18-10-6-5-9-17(18)3/h5-14H,4,15H2,1-3H3,(H,22,23,24). The SMILES string of the molecule is CCN(c1cccc(C)c1)c1ccnc(NCc2ccccc2C)n1. The fraction of sp³-hybridized carbons (Fsp3) is 0.238. The lowest BCUT2D eigenvalue weighted by molar-refractivity contribution is 0.964. The topological polar surface area (TPSA) is 41.1 Å². The van der Waals surface area contributed by atoms with E-state index < -0.39 is 0 Å². The van der Waals surface area contributed by atoms with Gasteiger partial charge in [0.15, 0.2) is 0 Å². The molecule has 1 aromatic heterocycles. The zero-order valence-electron chi connectivity index (χ0n) is 15.0. The van der Waals surface area contributed by atoms with Crippen molar-refractivity contribution in [3.63, 3.8) is 0 Å². The van der Waals surface area contributed by atoms with E-state index in [9.17, 15) is 0 Å². The quantitative estimate of drug-likeness (QED) is 0.699. The summed E-state index contributed by atoms with van der Waals surface area (Å²) in [6.07, 6.45) is 1.81. The number of aromatic nitrogens is 2. The maximum atomic E-state index is 4.70. The normalized spacial score (nSPS) is 10.5. The second kappa shape index (κ2) is 7.79. The van der Waals surface area contributed by atoms with Crippen LogP contribution in [0.5, 0.6) is 0 Å². The van der Waals surface area contributed by atoms with Gasteiger partial charge in [0.25, 0.3) is 0 Å². The summed E-state index contributed by atoms with van der Waals surface area (Å²) in [6, 6.07) is 18.8. The van der Waals surface area contributed by atoms with Crippen molar-refractivity contribution >= 4 is 17.5 Å². The molecule has 128 valence electrons. The molecule has 3 aromatic rings. The van der Waals surface area contributed by atoms with Crippen LogP contribution in [0.15, 0.2) is 60.8 Å². The molecule has 1 heterocycles. The maximum Gasteiger partial charge on any atom is 0.224 e. The van der Waals surface area contributed by atoms with E-state index in [1.165, 1.54) is 16.7 Å². The Hall–Kier alpha value is -2.88. The summed E-state index contributed by atoms with van der Waals surface area (Å²) in [7, 11) is 0. The molecule has 0 aliphatic heterocycles. The van der Waals surface area contributed by atoms with Crippen LogP contribution >= 0.6 is 0 Å². The number of hydrogen-bond donors (Lipinski definition) is 1. The van der Waals surface area contributed by atoms with Gasteiger partial charge in [-0.3, -0.25) is 0 Å². The van der Waals surface area contributed by atoms with Gasteiger partial charge in [-0.25, -0.2) is 4.98 Å². The van der Waals surface area contributed by atoms with E-state index in [1.807, 2.05) is 6.07 Å². The minimum Gasteiger partial charge on any atom is -0.350 e. The second-order valence-electron chi connectivity index (χ2n) is 6.10. The van der Waals surface area contributed by atoms with Crippen molar-refractivity contribution in [1.29, 1.82) is 0 Å². The summed E-state index contributed by atoms with van der Waals surface area (Å²) >= 11 is 0. The van der Waals surface area contributed by atoms with E-state index in [4.69, 9.17) is 4.98 Å². The number of nitrogens with one attached hydrogen (secondary N) is 1. The Morgan fingerprint density at radius 3 is 2.60 bits per heavy atom. The first-order valence-electron chi connectivity index (χ1n) is 8.63. The highest BCUT2D eigenvalue weighted by Gasteiger charge is 2.10. The van der Waals surface area contributed by atoms with Crippen molar-refractivity contribution in [3.05, 3.63) is 77.5 Å². The molecule has 0 bridgehead atoms. The zero-order chi connectivity index (χ0) is 17.6. The van der Waals surface area contributed by atoms with Gasteiger partial charge in [0.2, 0.25) is 5.95 Å². The molecule has 0 atom stereocenters. The number of anilines is 3. The highest BCUT2D eigenvalue weighted by atomic mass is 15.2. The first-order valence-corrected chi connectivity index (χ1v) is 8.63. The summed E-state index contributed by atoms with van der Waals surface area (Å²) in [5.41, 5.74) is 4.90. The zero-order valence-corrected chi connectivity index (χ0v) is 15.0. The van der Waals surface area contributed by atoms with Crippen LogP contribution in [0.25, 0.3) is 0 Å². The minimum atomic E-state index is 0.645. The van der Waals surface area contributed by atoms with Gasteiger partial charge in [-0.1, -0.05) is 36.4 Å². The molecule has 0 radical (unpaired) electrons. The van der Waals surface area contributed by atoms with Crippen LogP contribution in [-0.2, 0) is 6.54 Å². The molecule has 0 amide bonds. The minimum absolute atomic E-state index is 0.645. The average molecular weight is 332 g/mol. The van der Waals surface area contributed by atoms with E-state index in [-0.39, 0.29) is 0 Å². The van der Waals surface area contributed by atoms with E-state index in [0.717, 1.165) is 18.1 Å². The highest BCUT2D eigenvalue weighted by Crippen LogP contribution is 2.24. The molecule has 0 aliphatic rings. The molecule has 0 unspecified atom stereocenters. The van der Waals surface area contributed by atoms with Gasteiger partial charge in [0, 0.05) is 25.0 Å². The summed E-state index contributed by atoms with van der Waals surface area (Å²) in [5, 5.41) is 3.34. The van der Waals surface area contributed by atoms with Gasteiger partial charge in [0.05, 0.1) is 0 Å². The number of nitrogens with zero attached hydrogens (tertiary/aromatic N) is 3. The molecule has 0 spiro atoms. The predicted octanol–water partition coefficient (Wildman–Crippen LogP) is 4.86. The van der Waals surface area contributed by atoms with Crippen LogP contribution in [0.3, 0.4) is 0 Å². The summed E-state index contributed by atoms with van der Waals surface area (Å²) in [6.45, 7) is 7.91. The monoisotopic (exact) mass is 332 g/mol. The lowest BCUT2D eigenvalue weighted by Crippen LogP contribution is -2.18. The predicted molar refractivity (Wildman–Crippen MR) is 104 cm³/mol. The van der Waals surface area contributed by atoms with Crippen molar-refractivity contribution in [2.45, 2.75) is 27.3 Å². The fourth-order valence-corrected chi connectivity index (χ4v) is 2.84. The maximum absolute atomic E-state index is 4.70. The lowest BCUT2D eigenvalue weighted by atomic mass is 10.1. The van der Waals surface area contributed by atoms with Gasteiger partial charge in [0.1, 0.15) is 5.82 Å². The van der Waals surface area contributed by atoms with Crippen molar-refractivity contribution < 1.29 is 0 Å². The first-order chi connectivity index (χ1) is 12.2. The van der Waals surface area contributed by atoms with Crippen molar-refractivity contribution in [2.75, 3.05) is 16.8 Å². The van der Waals surface area contributed by atoms with Crippen LogP contribution < -0.4 is 10.2 Å². The third-order valence-corrected chi connectivity index (χ3v) is 4.25. The highest BCUT2D eigenvalue weighted by molar-refractivity contribution is 5.61. The first kappa shape index (κ1) is 17.0. The van der Waals surface area contributed by atoms with Crippen LogP contribution in [-0.4, -0.2) is 16.5 Å². The van der Waals surface area contributed by atoms with E-state index in [1.54, 1.807) is 6.20 Å². The smallest absolute Gasteiger partial charge is 0.224 e. The molecule has 25 heavy (non-hydrogen) atoms. The van der Waals surface area contributed by atoms with E-state index in [2.05, 4.69) is 84.5 Å². The Kier molecular flexibility index (Phi) is 5.29. The third kappa shape index (κ3) is 4.15. The summed E-state index contributed by atoms with van der Waals surface area (Å²) in [5.74, 6) is 1.54. The Bertz CT molecular complexity index is 845. The van der Waals surface area contributed by atoms with Crippen LogP contribution in [0, 0.1) is 13.8 Å². The number of aryl methyl sites for hydroxylation is 2. The molecular weight excluding hydrogens is 308 g/mol.